The van der Waals surface area contributed by atoms with Crippen molar-refractivity contribution in [3.05, 3.63) is 29.6 Å². The van der Waals surface area contributed by atoms with Gasteiger partial charge in [0.05, 0.1) is 5.92 Å². The SMILES string of the molecule is Cc1cnccc1CNCC(CC(C)C)C(=O)O. The number of nitrogens with zero attached hydrogens (tertiary/aromatic N) is 1. The molecule has 0 aliphatic heterocycles. The lowest BCUT2D eigenvalue weighted by Gasteiger charge is -2.15. The van der Waals surface area contributed by atoms with Crippen molar-refractivity contribution in [3.8, 4) is 0 Å². The van der Waals surface area contributed by atoms with Gasteiger partial charge in [0.25, 0.3) is 0 Å². The Kier molecular flexibility index (Phi) is 5.78. The summed E-state index contributed by atoms with van der Waals surface area (Å²) < 4.78 is 0. The van der Waals surface area contributed by atoms with E-state index in [2.05, 4.69) is 10.3 Å². The topological polar surface area (TPSA) is 62.2 Å². The Morgan fingerprint density at radius 2 is 2.22 bits per heavy atom. The van der Waals surface area contributed by atoms with Gasteiger partial charge in [-0.1, -0.05) is 13.8 Å². The van der Waals surface area contributed by atoms with Gasteiger partial charge in [-0.2, -0.15) is 0 Å². The van der Waals surface area contributed by atoms with E-state index in [0.717, 1.165) is 5.56 Å². The van der Waals surface area contributed by atoms with E-state index in [9.17, 15) is 4.79 Å². The third kappa shape index (κ3) is 4.84. The van der Waals surface area contributed by atoms with Crippen LogP contribution in [0.2, 0.25) is 0 Å². The number of pyridine rings is 1. The molecule has 100 valence electrons. The van der Waals surface area contributed by atoms with Crippen molar-refractivity contribution in [2.75, 3.05) is 6.54 Å². The minimum absolute atomic E-state index is 0.313. The fraction of sp³-hybridized carbons (Fsp3) is 0.571. The van der Waals surface area contributed by atoms with Crippen LogP contribution < -0.4 is 5.32 Å². The molecule has 1 atom stereocenters. The van der Waals surface area contributed by atoms with E-state index in [-0.39, 0.29) is 5.92 Å². The molecule has 0 aromatic carbocycles. The van der Waals surface area contributed by atoms with Crippen molar-refractivity contribution in [2.45, 2.75) is 33.7 Å². The van der Waals surface area contributed by atoms with E-state index in [1.54, 1.807) is 6.20 Å². The molecular weight excluding hydrogens is 228 g/mol. The summed E-state index contributed by atoms with van der Waals surface area (Å²) in [5, 5.41) is 12.3. The zero-order chi connectivity index (χ0) is 13.5. The zero-order valence-electron chi connectivity index (χ0n) is 11.3. The predicted molar refractivity (Wildman–Crippen MR) is 71.3 cm³/mol. The summed E-state index contributed by atoms with van der Waals surface area (Å²) in [6.07, 6.45) is 4.28. The van der Waals surface area contributed by atoms with E-state index in [4.69, 9.17) is 5.11 Å². The second kappa shape index (κ2) is 7.11. The van der Waals surface area contributed by atoms with Crippen LogP contribution >= 0.6 is 0 Å². The lowest BCUT2D eigenvalue weighted by molar-refractivity contribution is -0.142. The van der Waals surface area contributed by atoms with Crippen molar-refractivity contribution in [3.63, 3.8) is 0 Å². The number of carboxylic acids is 1. The number of hydrogen-bond acceptors (Lipinski definition) is 3. The van der Waals surface area contributed by atoms with Crippen LogP contribution in [0.5, 0.6) is 0 Å². The minimum Gasteiger partial charge on any atom is -0.481 e. The summed E-state index contributed by atoms with van der Waals surface area (Å²) >= 11 is 0. The van der Waals surface area contributed by atoms with Gasteiger partial charge < -0.3 is 10.4 Å². The number of aliphatic carboxylic acids is 1. The van der Waals surface area contributed by atoms with Gasteiger partial charge in [0.2, 0.25) is 0 Å². The number of aromatic nitrogens is 1. The quantitative estimate of drug-likeness (QED) is 0.779. The third-order valence-electron chi connectivity index (χ3n) is 2.95. The number of nitrogens with one attached hydrogen (secondary N) is 1. The molecule has 4 nitrogen and oxygen atoms in total. The van der Waals surface area contributed by atoms with Crippen LogP contribution in [0.3, 0.4) is 0 Å². The second-order valence-corrected chi connectivity index (χ2v) is 5.10. The van der Waals surface area contributed by atoms with Crippen LogP contribution in [0.15, 0.2) is 18.5 Å². The lowest BCUT2D eigenvalue weighted by Crippen LogP contribution is -2.29. The van der Waals surface area contributed by atoms with Gasteiger partial charge in [0, 0.05) is 25.5 Å². The Labute approximate surface area is 108 Å². The highest BCUT2D eigenvalue weighted by atomic mass is 16.4. The molecule has 0 saturated heterocycles. The molecule has 0 radical (unpaired) electrons. The maximum atomic E-state index is 11.1. The molecule has 0 aliphatic rings. The largest absolute Gasteiger partial charge is 0.481 e. The number of carbonyl (C=O) groups is 1. The first-order valence-electron chi connectivity index (χ1n) is 6.33. The molecule has 0 fully saturated rings. The first kappa shape index (κ1) is 14.6. The highest BCUT2D eigenvalue weighted by molar-refractivity contribution is 5.70. The molecule has 18 heavy (non-hydrogen) atoms. The summed E-state index contributed by atoms with van der Waals surface area (Å²) in [6, 6.07) is 1.96. The molecule has 1 aromatic heterocycles. The van der Waals surface area contributed by atoms with Crippen molar-refractivity contribution in [1.29, 1.82) is 0 Å². The fourth-order valence-corrected chi connectivity index (χ4v) is 1.92. The average Bonchev–Trinajstić information content (AvgIpc) is 2.29. The van der Waals surface area contributed by atoms with Gasteiger partial charge in [-0.05, 0) is 36.5 Å². The van der Waals surface area contributed by atoms with Gasteiger partial charge in [0.1, 0.15) is 0 Å². The molecule has 0 saturated carbocycles. The molecule has 1 aromatic rings. The Hall–Kier alpha value is -1.42. The summed E-state index contributed by atoms with van der Waals surface area (Å²) in [4.78, 5) is 15.1. The summed E-state index contributed by atoms with van der Waals surface area (Å²) in [5.41, 5.74) is 2.29. The highest BCUT2D eigenvalue weighted by Crippen LogP contribution is 2.11. The Morgan fingerprint density at radius 1 is 1.50 bits per heavy atom. The fourth-order valence-electron chi connectivity index (χ4n) is 1.92. The number of aryl methyl sites for hydroxylation is 1. The Bertz CT molecular complexity index is 391. The smallest absolute Gasteiger partial charge is 0.307 e. The molecule has 0 spiro atoms. The van der Waals surface area contributed by atoms with E-state index in [0.29, 0.717) is 25.4 Å². The molecule has 1 heterocycles. The maximum Gasteiger partial charge on any atom is 0.307 e. The molecule has 2 N–H and O–H groups in total. The van der Waals surface area contributed by atoms with Crippen LogP contribution in [0.1, 0.15) is 31.4 Å². The highest BCUT2D eigenvalue weighted by Gasteiger charge is 2.18. The van der Waals surface area contributed by atoms with Gasteiger partial charge in [-0.3, -0.25) is 9.78 Å². The molecule has 0 bridgehead atoms. The van der Waals surface area contributed by atoms with Gasteiger partial charge in [0.15, 0.2) is 0 Å². The number of rotatable bonds is 7. The van der Waals surface area contributed by atoms with Crippen molar-refractivity contribution >= 4 is 5.97 Å². The van der Waals surface area contributed by atoms with Crippen molar-refractivity contribution in [2.24, 2.45) is 11.8 Å². The minimum atomic E-state index is -0.720. The molecule has 4 heteroatoms. The number of hydrogen-bond donors (Lipinski definition) is 2. The molecule has 1 rings (SSSR count). The monoisotopic (exact) mass is 250 g/mol. The molecular formula is C14H22N2O2. The normalized spacial score (nSPS) is 12.7. The molecule has 1 unspecified atom stereocenters. The second-order valence-electron chi connectivity index (χ2n) is 5.10. The third-order valence-corrected chi connectivity index (χ3v) is 2.95. The molecule has 0 aliphatic carbocycles. The Balaban J connectivity index is 2.44. The van der Waals surface area contributed by atoms with Crippen LogP contribution in [-0.2, 0) is 11.3 Å². The standard InChI is InChI=1S/C14H22N2O2/c1-10(2)6-13(14(17)18)9-16-8-12-4-5-15-7-11(12)3/h4-5,7,10,13,16H,6,8-9H2,1-3H3,(H,17,18). The van der Waals surface area contributed by atoms with Crippen LogP contribution in [0.25, 0.3) is 0 Å². The van der Waals surface area contributed by atoms with E-state index in [1.165, 1.54) is 5.56 Å². The number of carboxylic acid groups (broad SMARTS) is 1. The summed E-state index contributed by atoms with van der Waals surface area (Å²) in [7, 11) is 0. The van der Waals surface area contributed by atoms with E-state index in [1.807, 2.05) is 33.0 Å². The van der Waals surface area contributed by atoms with Gasteiger partial charge >= 0.3 is 5.97 Å². The summed E-state index contributed by atoms with van der Waals surface area (Å²) in [5.74, 6) is -0.634. The first-order chi connectivity index (χ1) is 8.50. The molecule has 0 amide bonds. The van der Waals surface area contributed by atoms with Gasteiger partial charge in [-0.25, -0.2) is 0 Å². The lowest BCUT2D eigenvalue weighted by atomic mass is 9.97. The van der Waals surface area contributed by atoms with Crippen molar-refractivity contribution in [1.82, 2.24) is 10.3 Å². The zero-order valence-corrected chi connectivity index (χ0v) is 11.3. The summed E-state index contributed by atoms with van der Waals surface area (Å²) in [6.45, 7) is 7.30. The van der Waals surface area contributed by atoms with Crippen LogP contribution in [-0.4, -0.2) is 22.6 Å². The predicted octanol–water partition coefficient (Wildman–Crippen LogP) is 2.23. The van der Waals surface area contributed by atoms with Crippen molar-refractivity contribution < 1.29 is 9.90 Å². The Morgan fingerprint density at radius 3 is 2.78 bits per heavy atom. The average molecular weight is 250 g/mol. The maximum absolute atomic E-state index is 11.1. The van der Waals surface area contributed by atoms with Crippen LogP contribution in [0.4, 0.5) is 0 Å². The van der Waals surface area contributed by atoms with Gasteiger partial charge in [-0.15, -0.1) is 0 Å². The van der Waals surface area contributed by atoms with Crippen LogP contribution in [0, 0.1) is 18.8 Å². The van der Waals surface area contributed by atoms with E-state index >= 15 is 0 Å². The first-order valence-corrected chi connectivity index (χ1v) is 6.33. The van der Waals surface area contributed by atoms with E-state index < -0.39 is 5.97 Å².